The molecule has 3 aromatic rings. The molecule has 0 aliphatic carbocycles. The lowest BCUT2D eigenvalue weighted by molar-refractivity contribution is -0.132. The van der Waals surface area contributed by atoms with Gasteiger partial charge in [0.2, 0.25) is 5.91 Å². The summed E-state index contributed by atoms with van der Waals surface area (Å²) in [6.07, 6.45) is 6.67. The van der Waals surface area contributed by atoms with Gasteiger partial charge in [-0.25, -0.2) is 15.0 Å². The lowest BCUT2D eigenvalue weighted by atomic mass is 9.95. The number of amides is 1. The SMILES string of the molecule is CCC(=O)N1C[C@@H](C)C[C@@H](Nc2c(-c3ccnc(C(C)=O)n3)cnc3[nH]ccc23)C1. The number of hydrogen-bond acceptors (Lipinski definition) is 6. The Bertz CT molecular complexity index is 1090. The van der Waals surface area contributed by atoms with Gasteiger partial charge in [0.25, 0.3) is 0 Å². The number of hydrogen-bond donors (Lipinski definition) is 2. The van der Waals surface area contributed by atoms with Crippen molar-refractivity contribution in [3.63, 3.8) is 0 Å². The molecule has 8 nitrogen and oxygen atoms in total. The lowest BCUT2D eigenvalue weighted by Gasteiger charge is -2.37. The Kier molecular flexibility index (Phi) is 5.48. The number of nitrogens with zero attached hydrogens (tertiary/aromatic N) is 4. The maximum atomic E-state index is 12.3. The van der Waals surface area contributed by atoms with Crippen LogP contribution in [0.4, 0.5) is 5.69 Å². The molecule has 8 heteroatoms. The number of anilines is 1. The van der Waals surface area contributed by atoms with Crippen LogP contribution in [0.25, 0.3) is 22.3 Å². The number of aromatic amines is 1. The summed E-state index contributed by atoms with van der Waals surface area (Å²) in [6.45, 7) is 6.98. The van der Waals surface area contributed by atoms with Gasteiger partial charge in [-0.1, -0.05) is 13.8 Å². The van der Waals surface area contributed by atoms with Crippen molar-refractivity contribution in [3.05, 3.63) is 36.5 Å². The Labute approximate surface area is 175 Å². The zero-order chi connectivity index (χ0) is 21.3. The van der Waals surface area contributed by atoms with Gasteiger partial charge >= 0.3 is 0 Å². The first-order valence-electron chi connectivity index (χ1n) is 10.3. The van der Waals surface area contributed by atoms with Crippen LogP contribution < -0.4 is 5.32 Å². The fraction of sp³-hybridized carbons (Fsp3) is 0.409. The van der Waals surface area contributed by atoms with E-state index in [0.29, 0.717) is 24.6 Å². The van der Waals surface area contributed by atoms with Crippen molar-refractivity contribution < 1.29 is 9.59 Å². The zero-order valence-corrected chi connectivity index (χ0v) is 17.5. The van der Waals surface area contributed by atoms with Crippen LogP contribution in [-0.2, 0) is 4.79 Å². The van der Waals surface area contributed by atoms with Gasteiger partial charge in [0.05, 0.1) is 11.4 Å². The molecule has 156 valence electrons. The number of nitrogens with one attached hydrogen (secondary N) is 2. The quantitative estimate of drug-likeness (QED) is 0.630. The summed E-state index contributed by atoms with van der Waals surface area (Å²) in [4.78, 5) is 42.2. The first kappa shape index (κ1) is 20.0. The normalized spacial score (nSPS) is 19.1. The molecule has 4 rings (SSSR count). The van der Waals surface area contributed by atoms with Crippen LogP contribution >= 0.6 is 0 Å². The van der Waals surface area contributed by atoms with Crippen LogP contribution in [-0.4, -0.2) is 55.7 Å². The summed E-state index contributed by atoms with van der Waals surface area (Å²) < 4.78 is 0. The van der Waals surface area contributed by atoms with Crippen LogP contribution in [0.2, 0.25) is 0 Å². The number of likely N-dealkylation sites (tertiary alicyclic amines) is 1. The summed E-state index contributed by atoms with van der Waals surface area (Å²) in [5.74, 6) is 0.578. The molecule has 0 spiro atoms. The van der Waals surface area contributed by atoms with E-state index < -0.39 is 0 Å². The molecule has 4 heterocycles. The third-order valence-corrected chi connectivity index (χ3v) is 5.50. The summed E-state index contributed by atoms with van der Waals surface area (Å²) in [6, 6.07) is 3.86. The number of aromatic nitrogens is 4. The van der Waals surface area contributed by atoms with E-state index in [2.05, 4.69) is 32.2 Å². The molecule has 1 aliphatic rings. The number of carbonyl (C=O) groups excluding carboxylic acids is 2. The van der Waals surface area contributed by atoms with E-state index in [1.165, 1.54) is 6.92 Å². The topological polar surface area (TPSA) is 104 Å². The molecule has 2 N–H and O–H groups in total. The highest BCUT2D eigenvalue weighted by molar-refractivity contribution is 5.98. The summed E-state index contributed by atoms with van der Waals surface area (Å²) in [5.41, 5.74) is 3.11. The predicted octanol–water partition coefficient (Wildman–Crippen LogP) is 3.28. The zero-order valence-electron chi connectivity index (χ0n) is 17.5. The maximum Gasteiger partial charge on any atom is 0.222 e. The Morgan fingerprint density at radius 2 is 2.10 bits per heavy atom. The minimum Gasteiger partial charge on any atom is -0.379 e. The van der Waals surface area contributed by atoms with Gasteiger partial charge in [0.15, 0.2) is 11.6 Å². The first-order valence-corrected chi connectivity index (χ1v) is 10.3. The average molecular weight is 406 g/mol. The van der Waals surface area contributed by atoms with E-state index in [4.69, 9.17) is 0 Å². The number of carbonyl (C=O) groups is 2. The van der Waals surface area contributed by atoms with Gasteiger partial charge < -0.3 is 15.2 Å². The first-order chi connectivity index (χ1) is 14.5. The van der Waals surface area contributed by atoms with E-state index in [9.17, 15) is 9.59 Å². The van der Waals surface area contributed by atoms with Crippen LogP contribution in [0, 0.1) is 5.92 Å². The molecule has 0 unspecified atom stereocenters. The van der Waals surface area contributed by atoms with Crippen molar-refractivity contribution in [1.82, 2.24) is 24.8 Å². The van der Waals surface area contributed by atoms with Gasteiger partial charge in [-0.15, -0.1) is 0 Å². The fourth-order valence-electron chi connectivity index (χ4n) is 4.12. The highest BCUT2D eigenvalue weighted by Gasteiger charge is 2.28. The minimum atomic E-state index is -0.183. The number of pyridine rings is 1. The van der Waals surface area contributed by atoms with Crippen molar-refractivity contribution in [3.8, 4) is 11.3 Å². The highest BCUT2D eigenvalue weighted by Crippen LogP contribution is 2.34. The Morgan fingerprint density at radius 1 is 1.27 bits per heavy atom. The Morgan fingerprint density at radius 3 is 2.87 bits per heavy atom. The highest BCUT2D eigenvalue weighted by atomic mass is 16.2. The second kappa shape index (κ2) is 8.22. The summed E-state index contributed by atoms with van der Waals surface area (Å²) in [5, 5.41) is 4.61. The minimum absolute atomic E-state index is 0.109. The number of ketones is 1. The van der Waals surface area contributed by atoms with E-state index in [-0.39, 0.29) is 23.6 Å². The van der Waals surface area contributed by atoms with Crippen molar-refractivity contribution in [2.75, 3.05) is 18.4 Å². The molecule has 0 saturated carbocycles. The van der Waals surface area contributed by atoms with E-state index in [1.807, 2.05) is 24.1 Å². The van der Waals surface area contributed by atoms with Crippen molar-refractivity contribution >= 4 is 28.4 Å². The number of piperidine rings is 1. The van der Waals surface area contributed by atoms with E-state index >= 15 is 0 Å². The fourth-order valence-corrected chi connectivity index (χ4v) is 4.12. The van der Waals surface area contributed by atoms with Crippen molar-refractivity contribution in [1.29, 1.82) is 0 Å². The van der Waals surface area contributed by atoms with E-state index in [0.717, 1.165) is 35.2 Å². The molecule has 3 aromatic heterocycles. The largest absolute Gasteiger partial charge is 0.379 e. The molecule has 1 saturated heterocycles. The lowest BCUT2D eigenvalue weighted by Crippen LogP contribution is -2.48. The maximum absolute atomic E-state index is 12.3. The molecule has 0 bridgehead atoms. The number of fused-ring (bicyclic) bond motifs is 1. The molecule has 30 heavy (non-hydrogen) atoms. The van der Waals surface area contributed by atoms with Gasteiger partial charge in [-0.2, -0.15) is 0 Å². The smallest absolute Gasteiger partial charge is 0.222 e. The second-order valence-electron chi connectivity index (χ2n) is 7.94. The summed E-state index contributed by atoms with van der Waals surface area (Å²) in [7, 11) is 0. The van der Waals surface area contributed by atoms with Gasteiger partial charge in [-0.05, 0) is 24.5 Å². The third kappa shape index (κ3) is 3.90. The van der Waals surface area contributed by atoms with Crippen LogP contribution in [0.15, 0.2) is 30.7 Å². The number of Topliss-reactive ketones (excluding diaryl/α,β-unsaturated/α-hetero) is 1. The Balaban J connectivity index is 1.73. The van der Waals surface area contributed by atoms with Crippen LogP contribution in [0.5, 0.6) is 0 Å². The predicted molar refractivity (Wildman–Crippen MR) is 115 cm³/mol. The molecular weight excluding hydrogens is 380 g/mol. The van der Waals surface area contributed by atoms with Crippen molar-refractivity contribution in [2.24, 2.45) is 5.92 Å². The van der Waals surface area contributed by atoms with Gasteiger partial charge in [0.1, 0.15) is 5.65 Å². The monoisotopic (exact) mass is 406 g/mol. The van der Waals surface area contributed by atoms with Gasteiger partial charge in [0, 0.05) is 62.0 Å². The van der Waals surface area contributed by atoms with Crippen molar-refractivity contribution in [2.45, 2.75) is 39.7 Å². The van der Waals surface area contributed by atoms with E-state index in [1.54, 1.807) is 18.5 Å². The standard InChI is InChI=1S/C22H26N6O2/c1-4-19(30)28-11-13(2)9-15(12-28)26-20-16-5-7-24-22(16)25-10-17(20)18-6-8-23-21(27-18)14(3)29/h5-8,10,13,15H,4,9,11-12H2,1-3H3,(H2,24,25,26)/t13-,15+/m0/s1. The number of rotatable bonds is 5. The summed E-state index contributed by atoms with van der Waals surface area (Å²) >= 11 is 0. The molecule has 1 amide bonds. The second-order valence-corrected chi connectivity index (χ2v) is 7.94. The molecule has 1 fully saturated rings. The molecule has 0 aromatic carbocycles. The van der Waals surface area contributed by atoms with Crippen LogP contribution in [0.1, 0.15) is 44.2 Å². The molecular formula is C22H26N6O2. The van der Waals surface area contributed by atoms with Gasteiger partial charge in [-0.3, -0.25) is 9.59 Å². The molecule has 0 radical (unpaired) electrons. The average Bonchev–Trinajstić information content (AvgIpc) is 3.22. The third-order valence-electron chi connectivity index (χ3n) is 5.50. The number of H-pyrrole nitrogens is 1. The molecule has 1 aliphatic heterocycles. The Hall–Kier alpha value is -3.29. The van der Waals surface area contributed by atoms with Crippen LogP contribution in [0.3, 0.4) is 0 Å². The molecule has 2 atom stereocenters.